The van der Waals surface area contributed by atoms with Gasteiger partial charge in [-0.3, -0.25) is 9.59 Å². The van der Waals surface area contributed by atoms with Gasteiger partial charge in [-0.05, 0) is 61.1 Å². The molecule has 2 saturated carbocycles. The number of nitrogens with one attached hydrogen (secondary N) is 1. The first-order chi connectivity index (χ1) is 18.8. The van der Waals surface area contributed by atoms with E-state index >= 15 is 0 Å². The fourth-order valence-corrected chi connectivity index (χ4v) is 5.34. The van der Waals surface area contributed by atoms with Gasteiger partial charge in [0.1, 0.15) is 11.3 Å². The molecule has 5 rings (SSSR count). The number of fused-ring (bicyclic) bond motifs is 1. The molecule has 3 aromatic rings. The van der Waals surface area contributed by atoms with Crippen LogP contribution >= 0.6 is 0 Å². The molecule has 0 aliphatic heterocycles. The van der Waals surface area contributed by atoms with Crippen LogP contribution in [0, 0.1) is 16.7 Å². The molecule has 0 saturated heterocycles. The molecule has 0 atom stereocenters. The number of nitrogens with zero attached hydrogens (tertiary/aromatic N) is 1. The van der Waals surface area contributed by atoms with Crippen LogP contribution in [0.4, 0.5) is 8.78 Å². The first-order valence-corrected chi connectivity index (χ1v) is 15.0. The van der Waals surface area contributed by atoms with Gasteiger partial charge in [0.15, 0.2) is 27.3 Å². The van der Waals surface area contributed by atoms with Crippen molar-refractivity contribution in [3.8, 4) is 22.9 Å². The summed E-state index contributed by atoms with van der Waals surface area (Å²) in [5.74, 6) is -4.05. The van der Waals surface area contributed by atoms with Crippen LogP contribution in [-0.4, -0.2) is 43.8 Å². The average molecular weight is 571 g/mol. The Hall–Kier alpha value is -3.78. The Morgan fingerprint density at radius 1 is 1.00 bits per heavy atom. The Kier molecular flexibility index (Phi) is 6.94. The number of carbonyl (C=O) groups excluding carboxylic acids is 2. The van der Waals surface area contributed by atoms with Crippen LogP contribution in [0.1, 0.15) is 55.5 Å². The normalized spacial score (nSPS) is 18.9. The Bertz CT molecular complexity index is 1610. The second kappa shape index (κ2) is 10.0. The van der Waals surface area contributed by atoms with E-state index in [2.05, 4.69) is 11.4 Å². The Morgan fingerprint density at radius 3 is 2.25 bits per heavy atom. The predicted octanol–water partition coefficient (Wildman–Crippen LogP) is 5.42. The highest BCUT2D eigenvalue weighted by Crippen LogP contribution is 2.50. The number of amides is 1. The van der Waals surface area contributed by atoms with Crippen molar-refractivity contribution in [1.82, 2.24) is 5.32 Å². The summed E-state index contributed by atoms with van der Waals surface area (Å²) in [4.78, 5) is 26.6. The molecule has 2 aromatic carbocycles. The van der Waals surface area contributed by atoms with Crippen LogP contribution in [0.25, 0.3) is 22.1 Å². The molecule has 1 N–H and O–H groups in total. The minimum Gasteiger partial charge on any atom is -0.478 e. The number of nitriles is 1. The van der Waals surface area contributed by atoms with Crippen LogP contribution in [0.5, 0.6) is 5.75 Å². The fourth-order valence-electron chi connectivity index (χ4n) is 4.99. The molecule has 1 aromatic heterocycles. The molecule has 210 valence electrons. The van der Waals surface area contributed by atoms with Gasteiger partial charge in [0.2, 0.25) is 5.92 Å². The van der Waals surface area contributed by atoms with Gasteiger partial charge in [0.25, 0.3) is 5.91 Å². The summed E-state index contributed by atoms with van der Waals surface area (Å²) in [6.07, 6.45) is 0.700. The maximum absolute atomic E-state index is 14.0. The molecule has 2 aliphatic rings. The molecule has 2 fully saturated rings. The minimum absolute atomic E-state index is 0.0531. The molecule has 2 aliphatic carbocycles. The lowest BCUT2D eigenvalue weighted by atomic mass is 9.74. The summed E-state index contributed by atoms with van der Waals surface area (Å²) in [6.45, 7) is 0. The first kappa shape index (κ1) is 27.8. The summed E-state index contributed by atoms with van der Waals surface area (Å²) in [5.41, 5.74) is -0.248. The van der Waals surface area contributed by atoms with E-state index in [-0.39, 0.29) is 25.0 Å². The standard InChI is InChI=1S/C29H28F2N2O6S/c1-40(36,37)18-38-22-6-4-19(5-7-22)20-2-3-21-15-24(39-23(21)14-20)26(35)33-28(10-12-29(30,31)13-11-28)25(34)16-27(17-32)8-9-27/h2-7,14-15H,8-13,16,18H2,1H3,(H,33,35). The minimum atomic E-state index is -3.28. The van der Waals surface area contributed by atoms with Gasteiger partial charge in [-0.25, -0.2) is 17.2 Å². The van der Waals surface area contributed by atoms with E-state index in [1.807, 2.05) is 6.07 Å². The number of hydrogen-bond donors (Lipinski definition) is 1. The molecule has 1 amide bonds. The SMILES string of the molecule is CS(=O)(=O)COc1ccc(-c2ccc3cc(C(=O)NC4(C(=O)CC5(C#N)CC5)CCC(F)(F)CC4)oc3c2)cc1. The summed E-state index contributed by atoms with van der Waals surface area (Å²) >= 11 is 0. The van der Waals surface area contributed by atoms with Gasteiger partial charge in [0, 0.05) is 30.9 Å². The topological polar surface area (TPSA) is 126 Å². The third kappa shape index (κ3) is 6.02. The number of alkyl halides is 2. The summed E-state index contributed by atoms with van der Waals surface area (Å²) in [5, 5.41) is 12.8. The molecular weight excluding hydrogens is 542 g/mol. The van der Waals surface area contributed by atoms with E-state index in [0.29, 0.717) is 29.6 Å². The van der Waals surface area contributed by atoms with Crippen molar-refractivity contribution < 1.29 is 35.9 Å². The molecule has 1 heterocycles. The zero-order chi connectivity index (χ0) is 28.8. The van der Waals surface area contributed by atoms with Crippen LogP contribution in [-0.2, 0) is 14.6 Å². The van der Waals surface area contributed by atoms with Gasteiger partial charge in [-0.2, -0.15) is 5.26 Å². The Labute approximate surface area is 230 Å². The quantitative estimate of drug-likeness (QED) is 0.364. The number of sulfone groups is 1. The number of benzene rings is 2. The number of rotatable bonds is 9. The molecule has 11 heteroatoms. The number of hydrogen-bond acceptors (Lipinski definition) is 7. The van der Waals surface area contributed by atoms with Gasteiger partial charge in [0.05, 0.1) is 17.0 Å². The average Bonchev–Trinajstić information content (AvgIpc) is 3.55. The zero-order valence-electron chi connectivity index (χ0n) is 21.8. The third-order valence-corrected chi connectivity index (χ3v) is 8.23. The highest BCUT2D eigenvalue weighted by Gasteiger charge is 2.53. The first-order valence-electron chi connectivity index (χ1n) is 12.9. The van der Waals surface area contributed by atoms with Crippen molar-refractivity contribution in [2.75, 3.05) is 12.2 Å². The zero-order valence-corrected chi connectivity index (χ0v) is 22.7. The molecule has 0 unspecified atom stereocenters. The van der Waals surface area contributed by atoms with Crippen molar-refractivity contribution in [1.29, 1.82) is 5.26 Å². The molecule has 8 nitrogen and oxygen atoms in total. The van der Waals surface area contributed by atoms with E-state index in [1.54, 1.807) is 36.4 Å². The van der Waals surface area contributed by atoms with Gasteiger partial charge in [-0.15, -0.1) is 0 Å². The lowest BCUT2D eigenvalue weighted by molar-refractivity contribution is -0.131. The summed E-state index contributed by atoms with van der Waals surface area (Å²) in [6, 6.07) is 15.8. The number of carbonyl (C=O) groups is 2. The smallest absolute Gasteiger partial charge is 0.287 e. The van der Waals surface area contributed by atoms with Gasteiger partial charge < -0.3 is 14.5 Å². The van der Waals surface area contributed by atoms with E-state index < -0.39 is 57.2 Å². The van der Waals surface area contributed by atoms with E-state index in [4.69, 9.17) is 9.15 Å². The maximum atomic E-state index is 14.0. The number of Topliss-reactive ketones (excluding diaryl/α,β-unsaturated/α-hetero) is 1. The lowest BCUT2D eigenvalue weighted by Crippen LogP contribution is -2.58. The Morgan fingerprint density at radius 2 is 1.65 bits per heavy atom. The van der Waals surface area contributed by atoms with E-state index in [1.165, 1.54) is 6.07 Å². The van der Waals surface area contributed by atoms with Crippen molar-refractivity contribution in [2.24, 2.45) is 5.41 Å². The van der Waals surface area contributed by atoms with E-state index in [9.17, 15) is 32.0 Å². The van der Waals surface area contributed by atoms with Crippen LogP contribution in [0.2, 0.25) is 0 Å². The molecule has 0 radical (unpaired) electrons. The molecule has 0 spiro atoms. The lowest BCUT2D eigenvalue weighted by Gasteiger charge is -2.39. The van der Waals surface area contributed by atoms with Crippen LogP contribution in [0.3, 0.4) is 0 Å². The predicted molar refractivity (Wildman–Crippen MR) is 143 cm³/mol. The summed E-state index contributed by atoms with van der Waals surface area (Å²) < 4.78 is 61.7. The number of ketones is 1. The Balaban J connectivity index is 1.34. The molecule has 40 heavy (non-hydrogen) atoms. The number of halogens is 2. The second-order valence-corrected chi connectivity index (χ2v) is 13.0. The highest BCUT2D eigenvalue weighted by atomic mass is 32.2. The highest BCUT2D eigenvalue weighted by molar-refractivity contribution is 7.90. The van der Waals surface area contributed by atoms with Crippen LogP contribution in [0.15, 0.2) is 52.9 Å². The van der Waals surface area contributed by atoms with Crippen molar-refractivity contribution in [3.63, 3.8) is 0 Å². The van der Waals surface area contributed by atoms with Crippen LogP contribution < -0.4 is 10.1 Å². The summed E-state index contributed by atoms with van der Waals surface area (Å²) in [7, 11) is -3.28. The molecule has 0 bridgehead atoms. The second-order valence-electron chi connectivity index (χ2n) is 11.0. The largest absolute Gasteiger partial charge is 0.478 e. The van der Waals surface area contributed by atoms with Gasteiger partial charge >= 0.3 is 0 Å². The number of ether oxygens (including phenoxy) is 1. The van der Waals surface area contributed by atoms with Crippen molar-refractivity contribution >= 4 is 32.5 Å². The number of furan rings is 1. The van der Waals surface area contributed by atoms with Crippen molar-refractivity contribution in [2.45, 2.75) is 56.4 Å². The van der Waals surface area contributed by atoms with E-state index in [0.717, 1.165) is 17.4 Å². The maximum Gasteiger partial charge on any atom is 0.287 e. The fraction of sp³-hybridized carbons (Fsp3) is 0.414. The van der Waals surface area contributed by atoms with Crippen molar-refractivity contribution in [3.05, 3.63) is 54.3 Å². The molecular formula is C29H28F2N2O6S. The monoisotopic (exact) mass is 570 g/mol. The van der Waals surface area contributed by atoms with Gasteiger partial charge in [-0.1, -0.05) is 24.3 Å². The third-order valence-electron chi connectivity index (χ3n) is 7.68.